The number of hydrogen-bond donors (Lipinski definition) is 0. The van der Waals surface area contributed by atoms with Gasteiger partial charge in [-0.1, -0.05) is 33.0 Å². The molecular formula is C12H21N6O-. The first kappa shape index (κ1) is 15.3. The number of amides is 1. The molecule has 1 aliphatic heterocycles. The fraction of sp³-hybridized carbons (Fsp3) is 0.667. The minimum Gasteiger partial charge on any atom is -0.379 e. The Bertz CT molecular complexity index is 307. The van der Waals surface area contributed by atoms with Crippen molar-refractivity contribution in [1.29, 1.82) is 0 Å². The van der Waals surface area contributed by atoms with Crippen molar-refractivity contribution < 1.29 is 4.79 Å². The summed E-state index contributed by atoms with van der Waals surface area (Å²) in [4.78, 5) is 10.7. The lowest BCUT2D eigenvalue weighted by molar-refractivity contribution is -0.118. The number of carbonyl (C=O) groups is 1. The van der Waals surface area contributed by atoms with Crippen LogP contribution in [0.1, 0.15) is 39.5 Å². The van der Waals surface area contributed by atoms with Gasteiger partial charge in [0.1, 0.15) is 6.34 Å². The van der Waals surface area contributed by atoms with Crippen LogP contribution in [0.2, 0.25) is 0 Å². The summed E-state index contributed by atoms with van der Waals surface area (Å²) in [5.41, 5.74) is 4.02. The normalized spacial score (nSPS) is 14.4. The van der Waals surface area contributed by atoms with Crippen molar-refractivity contribution in [3.63, 3.8) is 0 Å². The van der Waals surface area contributed by atoms with Gasteiger partial charge in [-0.2, -0.15) is 5.10 Å². The molecule has 0 aromatic rings. The second-order valence-electron chi connectivity index (χ2n) is 4.12. The monoisotopic (exact) mass is 265 g/mol. The quantitative estimate of drug-likeness (QED) is 0.262. The van der Waals surface area contributed by atoms with E-state index in [1.54, 1.807) is 11.3 Å². The second-order valence-corrected chi connectivity index (χ2v) is 4.12. The van der Waals surface area contributed by atoms with Crippen LogP contribution in [0.5, 0.6) is 0 Å². The maximum atomic E-state index is 10.7. The van der Waals surface area contributed by atoms with Gasteiger partial charge in [0.2, 0.25) is 13.1 Å². The van der Waals surface area contributed by atoms with Crippen molar-refractivity contribution in [3.8, 4) is 0 Å². The average Bonchev–Trinajstić information content (AvgIpc) is 2.88. The SMILES string of the molecule is CCCCN1[C]N([N-]/C=N/N(C=O)CCCC)C=N1. The summed E-state index contributed by atoms with van der Waals surface area (Å²) >= 11 is 0. The maximum Gasteiger partial charge on any atom is 0.230 e. The topological polar surface area (TPSA) is 65.6 Å². The van der Waals surface area contributed by atoms with E-state index in [2.05, 4.69) is 36.1 Å². The minimum atomic E-state index is 0.607. The van der Waals surface area contributed by atoms with Gasteiger partial charge in [-0.05, 0) is 12.8 Å². The van der Waals surface area contributed by atoms with E-state index in [0.29, 0.717) is 13.0 Å². The average molecular weight is 265 g/mol. The number of carbonyl (C=O) groups excluding carboxylic acids is 1. The molecule has 0 bridgehead atoms. The molecule has 1 heterocycles. The molecule has 19 heavy (non-hydrogen) atoms. The first-order valence-corrected chi connectivity index (χ1v) is 6.62. The zero-order valence-corrected chi connectivity index (χ0v) is 11.6. The van der Waals surface area contributed by atoms with Crippen LogP contribution >= 0.6 is 0 Å². The summed E-state index contributed by atoms with van der Waals surface area (Å²) in [6.07, 6.45) is 7.68. The molecule has 0 saturated carbocycles. The van der Waals surface area contributed by atoms with Crippen LogP contribution in [0, 0.1) is 6.67 Å². The smallest absolute Gasteiger partial charge is 0.230 e. The number of rotatable bonds is 10. The van der Waals surface area contributed by atoms with E-state index in [1.165, 1.54) is 16.4 Å². The molecule has 0 aromatic carbocycles. The van der Waals surface area contributed by atoms with Crippen LogP contribution in [0.4, 0.5) is 0 Å². The van der Waals surface area contributed by atoms with Crippen LogP contribution in [0.25, 0.3) is 5.43 Å². The first-order chi connectivity index (χ1) is 9.30. The van der Waals surface area contributed by atoms with E-state index in [9.17, 15) is 4.79 Å². The molecule has 2 radical (unpaired) electrons. The van der Waals surface area contributed by atoms with Gasteiger partial charge in [-0.25, -0.2) is 0 Å². The minimum absolute atomic E-state index is 0.607. The Balaban J connectivity index is 2.22. The van der Waals surface area contributed by atoms with Gasteiger partial charge in [0.05, 0.1) is 0 Å². The van der Waals surface area contributed by atoms with Crippen LogP contribution < -0.4 is 0 Å². The van der Waals surface area contributed by atoms with Crippen LogP contribution in [-0.2, 0) is 4.79 Å². The molecule has 0 unspecified atom stereocenters. The molecule has 1 amide bonds. The largest absolute Gasteiger partial charge is 0.379 e. The summed E-state index contributed by atoms with van der Waals surface area (Å²) in [5.74, 6) is 0. The van der Waals surface area contributed by atoms with Gasteiger partial charge >= 0.3 is 0 Å². The zero-order valence-electron chi connectivity index (χ0n) is 11.6. The van der Waals surface area contributed by atoms with Gasteiger partial charge in [0.25, 0.3) is 0 Å². The summed E-state index contributed by atoms with van der Waals surface area (Å²) in [7, 11) is 0. The summed E-state index contributed by atoms with van der Waals surface area (Å²) in [6.45, 7) is 8.56. The summed E-state index contributed by atoms with van der Waals surface area (Å²) in [6, 6.07) is 0. The zero-order chi connectivity index (χ0) is 13.9. The molecule has 1 aliphatic rings. The van der Waals surface area contributed by atoms with Crippen molar-refractivity contribution >= 4 is 19.1 Å². The van der Waals surface area contributed by atoms with Gasteiger partial charge in [-0.15, -0.1) is 0 Å². The second kappa shape index (κ2) is 9.18. The fourth-order valence-electron chi connectivity index (χ4n) is 1.36. The Hall–Kier alpha value is -1.79. The number of nitrogens with zero attached hydrogens (tertiary/aromatic N) is 6. The predicted molar refractivity (Wildman–Crippen MR) is 74.7 cm³/mol. The summed E-state index contributed by atoms with van der Waals surface area (Å²) < 4.78 is 0. The Morgan fingerprint density at radius 1 is 1.42 bits per heavy atom. The molecule has 0 aromatic heterocycles. The van der Waals surface area contributed by atoms with E-state index >= 15 is 0 Å². The first-order valence-electron chi connectivity index (χ1n) is 6.62. The predicted octanol–water partition coefficient (Wildman–Crippen LogP) is 1.83. The molecule has 0 fully saturated rings. The van der Waals surface area contributed by atoms with Crippen LogP contribution in [0.3, 0.4) is 0 Å². The maximum absolute atomic E-state index is 10.7. The Kier molecular flexibility index (Phi) is 7.38. The fourth-order valence-corrected chi connectivity index (χ4v) is 1.36. The Labute approximate surface area is 114 Å². The molecule has 106 valence electrons. The standard InChI is InChI=1S/C12H21N6O/c1-3-5-7-16-11-18(10-15-16)14-9-13-17(12-19)8-6-4-2/h9-10,12H,3-8H2,1-2H3/q-1. The molecule has 0 N–H and O–H groups in total. The third kappa shape index (κ3) is 6.08. The Morgan fingerprint density at radius 3 is 2.89 bits per heavy atom. The van der Waals surface area contributed by atoms with E-state index in [4.69, 9.17) is 0 Å². The van der Waals surface area contributed by atoms with Crippen LogP contribution in [0.15, 0.2) is 10.2 Å². The molecule has 0 aliphatic carbocycles. The molecular weight excluding hydrogens is 244 g/mol. The third-order valence-electron chi connectivity index (χ3n) is 2.48. The highest BCUT2D eigenvalue weighted by Crippen LogP contribution is 2.11. The van der Waals surface area contributed by atoms with Gasteiger partial charge in [0.15, 0.2) is 0 Å². The summed E-state index contributed by atoms with van der Waals surface area (Å²) in [5, 5.41) is 12.5. The molecule has 0 atom stereocenters. The Morgan fingerprint density at radius 2 is 2.21 bits per heavy atom. The van der Waals surface area contributed by atoms with Gasteiger partial charge in [0, 0.05) is 13.1 Å². The molecule has 7 heteroatoms. The van der Waals surface area contributed by atoms with E-state index in [0.717, 1.165) is 32.2 Å². The number of hydrazone groups is 2. The lowest BCUT2D eigenvalue weighted by Crippen LogP contribution is -2.20. The van der Waals surface area contributed by atoms with E-state index in [1.807, 2.05) is 0 Å². The van der Waals surface area contributed by atoms with Crippen molar-refractivity contribution in [2.75, 3.05) is 13.1 Å². The van der Waals surface area contributed by atoms with Crippen molar-refractivity contribution in [2.45, 2.75) is 39.5 Å². The lowest BCUT2D eigenvalue weighted by atomic mass is 10.3. The van der Waals surface area contributed by atoms with Crippen molar-refractivity contribution in [2.24, 2.45) is 10.2 Å². The van der Waals surface area contributed by atoms with E-state index < -0.39 is 0 Å². The molecule has 1 rings (SSSR count). The number of unbranched alkanes of at least 4 members (excludes halogenated alkanes) is 2. The third-order valence-corrected chi connectivity index (χ3v) is 2.48. The van der Waals surface area contributed by atoms with Gasteiger partial charge in [-0.3, -0.25) is 9.80 Å². The molecule has 0 spiro atoms. The molecule has 0 saturated heterocycles. The van der Waals surface area contributed by atoms with Crippen molar-refractivity contribution in [1.82, 2.24) is 15.0 Å². The lowest BCUT2D eigenvalue weighted by Gasteiger charge is -2.23. The molecule has 7 nitrogen and oxygen atoms in total. The highest BCUT2D eigenvalue weighted by atomic mass is 16.1. The van der Waals surface area contributed by atoms with E-state index in [-0.39, 0.29) is 0 Å². The van der Waals surface area contributed by atoms with Gasteiger partial charge < -0.3 is 20.5 Å². The highest BCUT2D eigenvalue weighted by molar-refractivity contribution is 5.75. The van der Waals surface area contributed by atoms with Crippen molar-refractivity contribution in [3.05, 3.63) is 12.1 Å². The van der Waals surface area contributed by atoms with Crippen LogP contribution in [-0.4, -0.2) is 47.2 Å². The highest BCUT2D eigenvalue weighted by Gasteiger charge is 2.11. The number of hydrogen-bond acceptors (Lipinski definition) is 5.